The Morgan fingerprint density at radius 3 is 2.80 bits per heavy atom. The van der Waals surface area contributed by atoms with Crippen molar-refractivity contribution in [2.45, 2.75) is 0 Å². The van der Waals surface area contributed by atoms with E-state index in [-0.39, 0.29) is 5.82 Å². The number of hydrogen-bond donors (Lipinski definition) is 0. The average Bonchev–Trinajstić information content (AvgIpc) is 2.64. The molecule has 1 aromatic heterocycles. The Morgan fingerprint density at radius 2 is 2.27 bits per heavy atom. The predicted molar refractivity (Wildman–Crippen MR) is 59.6 cm³/mol. The fourth-order valence-electron chi connectivity index (χ4n) is 1.11. The van der Waals surface area contributed by atoms with Crippen LogP contribution < -0.4 is 4.74 Å². The molecule has 2 rings (SSSR count). The van der Waals surface area contributed by atoms with Crippen molar-refractivity contribution < 1.29 is 9.13 Å². The van der Waals surface area contributed by atoms with Gasteiger partial charge in [0, 0.05) is 11.6 Å². The summed E-state index contributed by atoms with van der Waals surface area (Å²) in [4.78, 5) is 4.04. The molecule has 1 heterocycles. The molecule has 15 heavy (non-hydrogen) atoms. The van der Waals surface area contributed by atoms with E-state index in [9.17, 15) is 4.39 Å². The van der Waals surface area contributed by atoms with Crippen LogP contribution in [0.4, 0.5) is 4.39 Å². The second-order valence-electron chi connectivity index (χ2n) is 2.71. The van der Waals surface area contributed by atoms with E-state index in [0.29, 0.717) is 21.1 Å². The van der Waals surface area contributed by atoms with Gasteiger partial charge < -0.3 is 4.74 Å². The van der Waals surface area contributed by atoms with Crippen molar-refractivity contribution in [3.05, 3.63) is 28.7 Å². The van der Waals surface area contributed by atoms with E-state index >= 15 is 0 Å². The van der Waals surface area contributed by atoms with Gasteiger partial charge in [0.25, 0.3) is 0 Å². The number of nitrogens with zero attached hydrogens (tertiary/aromatic N) is 2. The molecule has 3 nitrogen and oxygen atoms in total. The number of methoxy groups -OCH3 is 1. The summed E-state index contributed by atoms with van der Waals surface area (Å²) < 4.78 is 22.9. The molecular formula is C9H6BrFN2OS. The lowest BCUT2D eigenvalue weighted by Crippen LogP contribution is -1.87. The molecule has 6 heteroatoms. The maximum absolute atomic E-state index is 13.6. The number of benzene rings is 1. The normalized spacial score (nSPS) is 10.3. The molecule has 78 valence electrons. The first-order chi connectivity index (χ1) is 7.20. The Balaban J connectivity index is 2.45. The minimum atomic E-state index is -0.363. The van der Waals surface area contributed by atoms with E-state index in [1.807, 2.05) is 0 Å². The molecule has 2 aromatic rings. The van der Waals surface area contributed by atoms with Crippen LogP contribution in [0.15, 0.2) is 22.9 Å². The second kappa shape index (κ2) is 4.24. The lowest BCUT2D eigenvalue weighted by molar-refractivity contribution is 0.411. The zero-order chi connectivity index (χ0) is 10.8. The van der Waals surface area contributed by atoms with Gasteiger partial charge in [0.2, 0.25) is 4.73 Å². The monoisotopic (exact) mass is 288 g/mol. The third-order valence-corrected chi connectivity index (χ3v) is 3.15. The first kappa shape index (κ1) is 10.5. The van der Waals surface area contributed by atoms with E-state index < -0.39 is 0 Å². The molecule has 0 aliphatic heterocycles. The van der Waals surface area contributed by atoms with Crippen LogP contribution in [-0.2, 0) is 0 Å². The van der Waals surface area contributed by atoms with Crippen LogP contribution in [0.1, 0.15) is 0 Å². The number of ether oxygens (including phenoxy) is 1. The third kappa shape index (κ3) is 2.15. The average molecular weight is 289 g/mol. The molecule has 0 saturated heterocycles. The van der Waals surface area contributed by atoms with Gasteiger partial charge in [0.1, 0.15) is 16.6 Å². The summed E-state index contributed by atoms with van der Waals surface area (Å²) in [7, 11) is 1.50. The van der Waals surface area contributed by atoms with E-state index in [1.54, 1.807) is 12.1 Å². The highest BCUT2D eigenvalue weighted by atomic mass is 79.9. The highest BCUT2D eigenvalue weighted by Crippen LogP contribution is 2.28. The molecule has 0 radical (unpaired) electrons. The molecule has 0 spiro atoms. The Labute approximate surface area is 98.2 Å². The van der Waals surface area contributed by atoms with E-state index in [0.717, 1.165) is 11.5 Å². The van der Waals surface area contributed by atoms with Crippen molar-refractivity contribution in [3.8, 4) is 16.3 Å². The van der Waals surface area contributed by atoms with Crippen molar-refractivity contribution in [2.75, 3.05) is 7.11 Å². The molecule has 0 aliphatic carbocycles. The molecule has 0 atom stereocenters. The number of halogens is 2. The second-order valence-corrected chi connectivity index (χ2v) is 4.18. The highest BCUT2D eigenvalue weighted by molar-refractivity contribution is 9.10. The molecule has 0 fully saturated rings. The Bertz CT molecular complexity index is 489. The van der Waals surface area contributed by atoms with Gasteiger partial charge in [-0.25, -0.2) is 9.37 Å². The number of rotatable bonds is 2. The van der Waals surface area contributed by atoms with Crippen LogP contribution in [-0.4, -0.2) is 16.5 Å². The van der Waals surface area contributed by atoms with Crippen LogP contribution in [0.5, 0.6) is 5.75 Å². The van der Waals surface area contributed by atoms with Gasteiger partial charge in [-0.2, -0.15) is 4.37 Å². The topological polar surface area (TPSA) is 35.0 Å². The lowest BCUT2D eigenvalue weighted by Gasteiger charge is -2.01. The minimum absolute atomic E-state index is 0.363. The van der Waals surface area contributed by atoms with Crippen LogP contribution in [0.2, 0.25) is 0 Å². The van der Waals surface area contributed by atoms with Gasteiger partial charge in [-0.15, -0.1) is 0 Å². The fraction of sp³-hybridized carbons (Fsp3) is 0.111. The molecule has 0 unspecified atom stereocenters. The summed E-state index contributed by atoms with van der Waals surface area (Å²) in [5.41, 5.74) is 0.430. The van der Waals surface area contributed by atoms with Gasteiger partial charge in [-0.3, -0.25) is 0 Å². The van der Waals surface area contributed by atoms with Crippen LogP contribution >= 0.6 is 27.5 Å². The molecular weight excluding hydrogens is 283 g/mol. The van der Waals surface area contributed by atoms with Crippen molar-refractivity contribution in [1.82, 2.24) is 9.36 Å². The summed E-state index contributed by atoms with van der Waals surface area (Å²) in [6.07, 6.45) is 0. The van der Waals surface area contributed by atoms with Crippen molar-refractivity contribution in [3.63, 3.8) is 0 Å². The smallest absolute Gasteiger partial charge is 0.209 e. The zero-order valence-corrected chi connectivity index (χ0v) is 10.1. The van der Waals surface area contributed by atoms with Gasteiger partial charge in [-0.05, 0) is 39.6 Å². The maximum atomic E-state index is 13.6. The van der Waals surface area contributed by atoms with Gasteiger partial charge in [-0.1, -0.05) is 0 Å². The Morgan fingerprint density at radius 1 is 1.47 bits per heavy atom. The summed E-state index contributed by atoms with van der Waals surface area (Å²) >= 11 is 4.26. The van der Waals surface area contributed by atoms with Gasteiger partial charge >= 0.3 is 0 Å². The Kier molecular flexibility index (Phi) is 2.97. The van der Waals surface area contributed by atoms with E-state index in [1.165, 1.54) is 13.2 Å². The highest BCUT2D eigenvalue weighted by Gasteiger charge is 2.10. The number of aromatic nitrogens is 2. The quantitative estimate of drug-likeness (QED) is 0.852. The van der Waals surface area contributed by atoms with Crippen molar-refractivity contribution in [1.29, 1.82) is 0 Å². The fourth-order valence-corrected chi connectivity index (χ4v) is 2.22. The summed E-state index contributed by atoms with van der Waals surface area (Å²) in [5.74, 6) is 0.123. The van der Waals surface area contributed by atoms with Gasteiger partial charge in [0.05, 0.1) is 7.11 Å². The van der Waals surface area contributed by atoms with Crippen LogP contribution in [0.25, 0.3) is 10.6 Å². The third-order valence-electron chi connectivity index (χ3n) is 1.81. The zero-order valence-electron chi connectivity index (χ0n) is 7.70. The molecule has 0 aliphatic rings. The summed E-state index contributed by atoms with van der Waals surface area (Å²) in [6, 6.07) is 4.64. The maximum Gasteiger partial charge on any atom is 0.209 e. The van der Waals surface area contributed by atoms with Crippen LogP contribution in [0.3, 0.4) is 0 Å². The van der Waals surface area contributed by atoms with Crippen molar-refractivity contribution >= 4 is 27.5 Å². The largest absolute Gasteiger partial charge is 0.497 e. The lowest BCUT2D eigenvalue weighted by atomic mass is 10.2. The summed E-state index contributed by atoms with van der Waals surface area (Å²) in [6.45, 7) is 0. The first-order valence-electron chi connectivity index (χ1n) is 4.04. The van der Waals surface area contributed by atoms with E-state index in [4.69, 9.17) is 4.74 Å². The predicted octanol–water partition coefficient (Wildman–Crippen LogP) is 3.12. The molecule has 0 amide bonds. The molecule has 0 N–H and O–H groups in total. The standard InChI is InChI=1S/C9H6BrFN2OS/c1-14-5-2-3-6(7(11)4-5)8-12-9(10)13-15-8/h2-4H,1H3. The van der Waals surface area contributed by atoms with Crippen LogP contribution in [0, 0.1) is 5.82 Å². The SMILES string of the molecule is COc1ccc(-c2nc(Br)ns2)c(F)c1. The molecule has 1 aromatic carbocycles. The Hall–Kier alpha value is -1.01. The van der Waals surface area contributed by atoms with E-state index in [2.05, 4.69) is 25.3 Å². The van der Waals surface area contributed by atoms with Crippen molar-refractivity contribution in [2.24, 2.45) is 0 Å². The first-order valence-corrected chi connectivity index (χ1v) is 5.60. The number of hydrogen-bond acceptors (Lipinski definition) is 4. The minimum Gasteiger partial charge on any atom is -0.497 e. The van der Waals surface area contributed by atoms with Gasteiger partial charge in [0.15, 0.2) is 0 Å². The molecule has 0 bridgehead atoms. The molecule has 0 saturated carbocycles. The summed E-state index contributed by atoms with van der Waals surface area (Å²) in [5, 5.41) is 0.544.